The Labute approximate surface area is 99.2 Å². The molecule has 0 bridgehead atoms. The van der Waals surface area contributed by atoms with Crippen LogP contribution in [-0.4, -0.2) is 19.0 Å². The van der Waals surface area contributed by atoms with Gasteiger partial charge in [0.2, 0.25) is 0 Å². The van der Waals surface area contributed by atoms with E-state index < -0.39 is 0 Å². The first-order valence-electron chi connectivity index (χ1n) is 5.58. The van der Waals surface area contributed by atoms with Crippen LogP contribution in [0.25, 0.3) is 0 Å². The van der Waals surface area contributed by atoms with Gasteiger partial charge in [0, 0.05) is 13.1 Å². The molecule has 1 aromatic rings. The molecule has 1 amide bonds. The highest BCUT2D eigenvalue weighted by Gasteiger charge is 2.18. The molecule has 4 N–H and O–H groups in total. The smallest absolute Gasteiger partial charge is 0.263 e. The first-order valence-corrected chi connectivity index (χ1v) is 6.40. The SMILES string of the molecule is CNC(=O)c1sc(NC2CCCC2)cc1N. The molecule has 1 aromatic heterocycles. The van der Waals surface area contributed by atoms with Gasteiger partial charge in [0.25, 0.3) is 5.91 Å². The summed E-state index contributed by atoms with van der Waals surface area (Å²) in [5, 5.41) is 7.04. The summed E-state index contributed by atoms with van der Waals surface area (Å²) >= 11 is 1.43. The number of thiophene rings is 1. The minimum Gasteiger partial charge on any atom is -0.397 e. The normalized spacial score (nSPS) is 16.3. The van der Waals surface area contributed by atoms with Crippen LogP contribution in [0, 0.1) is 0 Å². The lowest BCUT2D eigenvalue weighted by Crippen LogP contribution is -2.17. The quantitative estimate of drug-likeness (QED) is 0.756. The predicted octanol–water partition coefficient (Wildman–Crippen LogP) is 2.04. The third-order valence-corrected chi connectivity index (χ3v) is 3.98. The zero-order valence-electron chi connectivity index (χ0n) is 9.38. The fraction of sp³-hybridized carbons (Fsp3) is 0.545. The zero-order valence-corrected chi connectivity index (χ0v) is 10.2. The number of nitrogens with one attached hydrogen (secondary N) is 2. The molecule has 1 heterocycles. The molecule has 16 heavy (non-hydrogen) atoms. The van der Waals surface area contributed by atoms with Crippen LogP contribution in [-0.2, 0) is 0 Å². The first-order chi connectivity index (χ1) is 7.70. The van der Waals surface area contributed by atoms with Crippen molar-refractivity contribution in [2.45, 2.75) is 31.7 Å². The standard InChI is InChI=1S/C11H17N3OS/c1-13-11(15)10-8(12)6-9(16-10)14-7-4-2-3-5-7/h6-7,14H,2-5,12H2,1H3,(H,13,15). The topological polar surface area (TPSA) is 67.2 Å². The van der Waals surface area contributed by atoms with E-state index in [0.29, 0.717) is 16.6 Å². The second kappa shape index (κ2) is 4.74. The monoisotopic (exact) mass is 239 g/mol. The number of nitrogen functional groups attached to an aromatic ring is 1. The molecule has 0 unspecified atom stereocenters. The third-order valence-electron chi connectivity index (χ3n) is 2.90. The van der Waals surface area contributed by atoms with E-state index in [0.717, 1.165) is 5.00 Å². The molecule has 0 aromatic carbocycles. The second-order valence-corrected chi connectivity index (χ2v) is 5.15. The van der Waals surface area contributed by atoms with Crippen molar-refractivity contribution in [3.05, 3.63) is 10.9 Å². The summed E-state index contributed by atoms with van der Waals surface area (Å²) in [6, 6.07) is 2.41. The van der Waals surface area contributed by atoms with Crippen molar-refractivity contribution in [1.29, 1.82) is 0 Å². The predicted molar refractivity (Wildman–Crippen MR) is 68.0 cm³/mol. The molecule has 2 rings (SSSR count). The van der Waals surface area contributed by atoms with Crippen LogP contribution in [0.4, 0.5) is 10.7 Å². The third kappa shape index (κ3) is 2.29. The Balaban J connectivity index is 2.07. The molecule has 0 atom stereocenters. The molecule has 1 saturated carbocycles. The lowest BCUT2D eigenvalue weighted by Gasteiger charge is -2.10. The number of carbonyl (C=O) groups is 1. The van der Waals surface area contributed by atoms with Crippen LogP contribution in [0.5, 0.6) is 0 Å². The van der Waals surface area contributed by atoms with Gasteiger partial charge in [-0.3, -0.25) is 4.79 Å². The van der Waals surface area contributed by atoms with Crippen molar-refractivity contribution in [2.24, 2.45) is 0 Å². The fourth-order valence-corrected chi connectivity index (χ4v) is 3.04. The summed E-state index contributed by atoms with van der Waals surface area (Å²) in [6.07, 6.45) is 5.02. The van der Waals surface area contributed by atoms with Crippen molar-refractivity contribution in [1.82, 2.24) is 5.32 Å². The van der Waals surface area contributed by atoms with Crippen LogP contribution in [0.1, 0.15) is 35.4 Å². The van der Waals surface area contributed by atoms with Gasteiger partial charge in [-0.2, -0.15) is 0 Å². The van der Waals surface area contributed by atoms with E-state index in [1.807, 2.05) is 6.07 Å². The summed E-state index contributed by atoms with van der Waals surface area (Å²) < 4.78 is 0. The molecular weight excluding hydrogens is 222 g/mol. The number of hydrogen-bond donors (Lipinski definition) is 3. The van der Waals surface area contributed by atoms with Gasteiger partial charge >= 0.3 is 0 Å². The van der Waals surface area contributed by atoms with Crippen molar-refractivity contribution >= 4 is 27.9 Å². The first kappa shape index (κ1) is 11.3. The molecule has 0 radical (unpaired) electrons. The summed E-state index contributed by atoms with van der Waals surface area (Å²) in [7, 11) is 1.62. The van der Waals surface area contributed by atoms with Gasteiger partial charge in [0.1, 0.15) is 4.88 Å². The average molecular weight is 239 g/mol. The van der Waals surface area contributed by atoms with Crippen molar-refractivity contribution in [3.63, 3.8) is 0 Å². The molecule has 1 fully saturated rings. The van der Waals surface area contributed by atoms with E-state index in [9.17, 15) is 4.79 Å². The summed E-state index contributed by atoms with van der Waals surface area (Å²) in [5.41, 5.74) is 6.36. The number of amides is 1. The molecule has 5 heteroatoms. The lowest BCUT2D eigenvalue weighted by molar-refractivity contribution is 0.0968. The second-order valence-electron chi connectivity index (χ2n) is 4.10. The Morgan fingerprint density at radius 1 is 1.50 bits per heavy atom. The number of rotatable bonds is 3. The van der Waals surface area contributed by atoms with E-state index in [1.165, 1.54) is 37.0 Å². The van der Waals surface area contributed by atoms with Crippen LogP contribution in [0.2, 0.25) is 0 Å². The molecule has 1 aliphatic carbocycles. The van der Waals surface area contributed by atoms with Gasteiger partial charge in [-0.05, 0) is 18.9 Å². The van der Waals surface area contributed by atoms with Crippen LogP contribution >= 0.6 is 11.3 Å². The van der Waals surface area contributed by atoms with Crippen LogP contribution in [0.15, 0.2) is 6.07 Å². The van der Waals surface area contributed by atoms with Gasteiger partial charge in [-0.25, -0.2) is 0 Å². The summed E-state index contributed by atoms with van der Waals surface area (Å²) in [5.74, 6) is -0.109. The van der Waals surface area contributed by atoms with Gasteiger partial charge in [-0.15, -0.1) is 11.3 Å². The largest absolute Gasteiger partial charge is 0.397 e. The minimum atomic E-state index is -0.109. The van der Waals surface area contributed by atoms with Crippen LogP contribution < -0.4 is 16.4 Å². The highest BCUT2D eigenvalue weighted by molar-refractivity contribution is 7.18. The lowest BCUT2D eigenvalue weighted by atomic mass is 10.2. The fourth-order valence-electron chi connectivity index (χ4n) is 2.04. The molecule has 88 valence electrons. The maximum Gasteiger partial charge on any atom is 0.263 e. The van der Waals surface area contributed by atoms with E-state index >= 15 is 0 Å². The molecule has 4 nitrogen and oxygen atoms in total. The van der Waals surface area contributed by atoms with E-state index in [4.69, 9.17) is 5.73 Å². The van der Waals surface area contributed by atoms with Crippen molar-refractivity contribution in [2.75, 3.05) is 18.1 Å². The minimum absolute atomic E-state index is 0.109. The van der Waals surface area contributed by atoms with Gasteiger partial charge in [0.05, 0.1) is 10.7 Å². The van der Waals surface area contributed by atoms with E-state index in [1.54, 1.807) is 7.05 Å². The number of hydrogen-bond acceptors (Lipinski definition) is 4. The van der Waals surface area contributed by atoms with Crippen LogP contribution in [0.3, 0.4) is 0 Å². The van der Waals surface area contributed by atoms with Gasteiger partial charge < -0.3 is 16.4 Å². The summed E-state index contributed by atoms with van der Waals surface area (Å²) in [4.78, 5) is 12.1. The van der Waals surface area contributed by atoms with Crippen molar-refractivity contribution in [3.8, 4) is 0 Å². The zero-order chi connectivity index (χ0) is 11.5. The number of carbonyl (C=O) groups excluding carboxylic acids is 1. The highest BCUT2D eigenvalue weighted by Crippen LogP contribution is 2.31. The Morgan fingerprint density at radius 3 is 2.81 bits per heavy atom. The van der Waals surface area contributed by atoms with Crippen molar-refractivity contribution < 1.29 is 4.79 Å². The molecule has 1 aliphatic rings. The highest BCUT2D eigenvalue weighted by atomic mass is 32.1. The Morgan fingerprint density at radius 2 is 2.19 bits per heavy atom. The maximum atomic E-state index is 11.5. The van der Waals surface area contributed by atoms with E-state index in [-0.39, 0.29) is 5.91 Å². The molecule has 0 saturated heterocycles. The number of anilines is 2. The number of nitrogens with two attached hydrogens (primary N) is 1. The van der Waals surface area contributed by atoms with Gasteiger partial charge in [0.15, 0.2) is 0 Å². The molecule has 0 aliphatic heterocycles. The Bertz CT molecular complexity index is 383. The maximum absolute atomic E-state index is 11.5. The molecular formula is C11H17N3OS. The Kier molecular flexibility index (Phi) is 3.33. The van der Waals surface area contributed by atoms with Gasteiger partial charge in [-0.1, -0.05) is 12.8 Å². The Hall–Kier alpha value is -1.23. The molecule has 0 spiro atoms. The average Bonchev–Trinajstić information content (AvgIpc) is 2.88. The summed E-state index contributed by atoms with van der Waals surface area (Å²) in [6.45, 7) is 0. The van der Waals surface area contributed by atoms with E-state index in [2.05, 4.69) is 10.6 Å².